The molecule has 3 rings (SSSR count). The molecule has 0 spiro atoms. The number of fused-ring (bicyclic) bond motifs is 1. The standard InChI is InChI=1S/C14H11NO2/c16-14-11-8-4-5-9-12(11)15(17)13(14)10-6-2-1-3-7-10/h1-9,13,15H. The third-order valence-corrected chi connectivity index (χ3v) is 3.12. The van der Waals surface area contributed by atoms with Crippen molar-refractivity contribution in [2.45, 2.75) is 6.04 Å². The highest BCUT2D eigenvalue weighted by atomic mass is 16.5. The lowest BCUT2D eigenvalue weighted by Gasteiger charge is -2.23. The Morgan fingerprint density at radius 2 is 1.59 bits per heavy atom. The van der Waals surface area contributed by atoms with E-state index in [1.807, 2.05) is 30.3 Å². The van der Waals surface area contributed by atoms with E-state index in [-0.39, 0.29) is 10.8 Å². The van der Waals surface area contributed by atoms with E-state index in [0.717, 1.165) is 5.56 Å². The summed E-state index contributed by atoms with van der Waals surface area (Å²) in [5, 5.41) is 12.1. The summed E-state index contributed by atoms with van der Waals surface area (Å²) in [7, 11) is 0. The van der Waals surface area contributed by atoms with Crippen LogP contribution in [0.25, 0.3) is 0 Å². The Balaban J connectivity index is 2.10. The van der Waals surface area contributed by atoms with Crippen LogP contribution in [0.3, 0.4) is 0 Å². The molecular formula is C14H11NO2. The van der Waals surface area contributed by atoms with E-state index in [9.17, 15) is 10.0 Å². The quantitative estimate of drug-likeness (QED) is 0.750. The van der Waals surface area contributed by atoms with Crippen LogP contribution in [0.5, 0.6) is 0 Å². The second kappa shape index (κ2) is 3.80. The number of nitrogens with one attached hydrogen (secondary N) is 1. The van der Waals surface area contributed by atoms with Gasteiger partial charge in [0.05, 0.1) is 5.56 Å². The van der Waals surface area contributed by atoms with E-state index >= 15 is 0 Å². The third-order valence-electron chi connectivity index (χ3n) is 3.12. The van der Waals surface area contributed by atoms with Crippen LogP contribution in [0, 0.1) is 5.21 Å². The van der Waals surface area contributed by atoms with Crippen molar-refractivity contribution in [3.63, 3.8) is 0 Å². The van der Waals surface area contributed by atoms with E-state index in [1.54, 1.807) is 24.3 Å². The Hall–Kier alpha value is -1.97. The summed E-state index contributed by atoms with van der Waals surface area (Å²) < 4.78 is 0. The second-order valence-corrected chi connectivity index (χ2v) is 4.12. The molecule has 1 N–H and O–H groups in total. The van der Waals surface area contributed by atoms with Gasteiger partial charge in [0.25, 0.3) is 0 Å². The number of hydrogen-bond acceptors (Lipinski definition) is 2. The summed E-state index contributed by atoms with van der Waals surface area (Å²) >= 11 is 0. The summed E-state index contributed by atoms with van der Waals surface area (Å²) in [5.74, 6) is -0.0863. The monoisotopic (exact) mass is 225 g/mol. The number of para-hydroxylation sites is 1. The smallest absolute Gasteiger partial charge is 0.231 e. The fourth-order valence-electron chi connectivity index (χ4n) is 2.29. The highest BCUT2D eigenvalue weighted by molar-refractivity contribution is 6.05. The molecule has 1 aliphatic rings. The molecule has 0 saturated carbocycles. The van der Waals surface area contributed by atoms with Crippen molar-refractivity contribution in [1.82, 2.24) is 0 Å². The van der Waals surface area contributed by atoms with Crippen molar-refractivity contribution in [2.24, 2.45) is 0 Å². The third kappa shape index (κ3) is 1.48. The zero-order valence-corrected chi connectivity index (χ0v) is 9.09. The number of hydroxylamine groups is 1. The minimum atomic E-state index is -0.645. The largest absolute Gasteiger partial charge is 0.628 e. The van der Waals surface area contributed by atoms with E-state index in [4.69, 9.17) is 0 Å². The average molecular weight is 225 g/mol. The van der Waals surface area contributed by atoms with Gasteiger partial charge < -0.3 is 10.3 Å². The number of ketones is 1. The van der Waals surface area contributed by atoms with Gasteiger partial charge in [-0.15, -0.1) is 0 Å². The number of rotatable bonds is 1. The Morgan fingerprint density at radius 3 is 2.29 bits per heavy atom. The minimum absolute atomic E-state index is 0.0863. The summed E-state index contributed by atoms with van der Waals surface area (Å²) in [6.45, 7) is 0. The maximum Gasteiger partial charge on any atom is 0.231 e. The van der Waals surface area contributed by atoms with Gasteiger partial charge in [0, 0.05) is 11.6 Å². The van der Waals surface area contributed by atoms with Crippen LogP contribution in [-0.2, 0) is 0 Å². The van der Waals surface area contributed by atoms with E-state index in [0.29, 0.717) is 11.3 Å². The van der Waals surface area contributed by atoms with Crippen LogP contribution in [0.2, 0.25) is 0 Å². The van der Waals surface area contributed by atoms with Gasteiger partial charge >= 0.3 is 0 Å². The van der Waals surface area contributed by atoms with Gasteiger partial charge in [-0.1, -0.05) is 42.5 Å². The molecule has 0 radical (unpaired) electrons. The predicted molar refractivity (Wildman–Crippen MR) is 63.9 cm³/mol. The van der Waals surface area contributed by atoms with Crippen molar-refractivity contribution in [1.29, 1.82) is 0 Å². The SMILES string of the molecule is O=C1c2ccccc2[NH+]([O-])C1c1ccccc1. The van der Waals surface area contributed by atoms with Crippen LogP contribution in [-0.4, -0.2) is 5.78 Å². The van der Waals surface area contributed by atoms with Crippen LogP contribution in [0.4, 0.5) is 5.69 Å². The van der Waals surface area contributed by atoms with Crippen molar-refractivity contribution >= 4 is 11.5 Å². The normalized spacial score (nSPS) is 22.5. The molecule has 0 aromatic heterocycles. The second-order valence-electron chi connectivity index (χ2n) is 4.12. The van der Waals surface area contributed by atoms with Crippen LogP contribution in [0.1, 0.15) is 22.0 Å². The highest BCUT2D eigenvalue weighted by Crippen LogP contribution is 2.26. The van der Waals surface area contributed by atoms with Crippen LogP contribution >= 0.6 is 0 Å². The van der Waals surface area contributed by atoms with Gasteiger partial charge in [-0.05, 0) is 6.07 Å². The molecule has 0 fully saturated rings. The molecule has 3 heteroatoms. The number of carbonyl (C=O) groups is 1. The summed E-state index contributed by atoms with van der Waals surface area (Å²) in [5.41, 5.74) is 1.87. The molecule has 0 bridgehead atoms. The maximum absolute atomic E-state index is 12.2. The molecule has 0 amide bonds. The summed E-state index contributed by atoms with van der Waals surface area (Å²) in [4.78, 5) is 12.2. The van der Waals surface area contributed by atoms with Gasteiger partial charge in [-0.3, -0.25) is 4.79 Å². The van der Waals surface area contributed by atoms with Crippen molar-refractivity contribution < 1.29 is 9.86 Å². The molecule has 0 saturated heterocycles. The molecule has 3 nitrogen and oxygen atoms in total. The fourth-order valence-corrected chi connectivity index (χ4v) is 2.29. The van der Waals surface area contributed by atoms with Crippen molar-refractivity contribution in [3.8, 4) is 0 Å². The van der Waals surface area contributed by atoms with E-state index < -0.39 is 6.04 Å². The van der Waals surface area contributed by atoms with Gasteiger partial charge in [0.2, 0.25) is 5.78 Å². The Morgan fingerprint density at radius 1 is 0.941 bits per heavy atom. The van der Waals surface area contributed by atoms with Gasteiger partial charge in [-0.25, -0.2) is 0 Å². The fraction of sp³-hybridized carbons (Fsp3) is 0.0714. The summed E-state index contributed by atoms with van der Waals surface area (Å²) in [6, 6.07) is 15.6. The van der Waals surface area contributed by atoms with Crippen LogP contribution < -0.4 is 5.06 Å². The predicted octanol–water partition coefficient (Wildman–Crippen LogP) is 1.64. The summed E-state index contributed by atoms with van der Waals surface area (Å²) in [6.07, 6.45) is 0. The molecular weight excluding hydrogens is 214 g/mol. The van der Waals surface area contributed by atoms with Crippen LogP contribution in [0.15, 0.2) is 54.6 Å². The molecule has 0 aliphatic carbocycles. The van der Waals surface area contributed by atoms with Gasteiger partial charge in [0.1, 0.15) is 5.69 Å². The number of hydrogen-bond donors (Lipinski definition) is 1. The van der Waals surface area contributed by atoms with Gasteiger partial charge in [-0.2, -0.15) is 0 Å². The highest BCUT2D eigenvalue weighted by Gasteiger charge is 2.38. The first-order valence-electron chi connectivity index (χ1n) is 5.51. The molecule has 2 aromatic rings. The van der Waals surface area contributed by atoms with Crippen molar-refractivity contribution in [2.75, 3.05) is 0 Å². The lowest BCUT2D eigenvalue weighted by Crippen LogP contribution is -3.01. The zero-order chi connectivity index (χ0) is 11.8. The van der Waals surface area contributed by atoms with E-state index in [2.05, 4.69) is 0 Å². The molecule has 2 unspecified atom stereocenters. The Labute approximate surface area is 98.9 Å². The molecule has 1 aliphatic heterocycles. The van der Waals surface area contributed by atoms with Gasteiger partial charge in [0.15, 0.2) is 6.04 Å². The number of quaternary nitrogens is 1. The van der Waals surface area contributed by atoms with E-state index in [1.165, 1.54) is 0 Å². The molecule has 17 heavy (non-hydrogen) atoms. The first kappa shape index (κ1) is 10.2. The first-order chi connectivity index (χ1) is 8.29. The zero-order valence-electron chi connectivity index (χ0n) is 9.09. The first-order valence-corrected chi connectivity index (χ1v) is 5.51. The lowest BCUT2D eigenvalue weighted by atomic mass is 10.0. The van der Waals surface area contributed by atoms with Crippen molar-refractivity contribution in [3.05, 3.63) is 70.9 Å². The molecule has 84 valence electrons. The molecule has 1 heterocycles. The number of benzene rings is 2. The molecule has 2 aromatic carbocycles. The Kier molecular flexibility index (Phi) is 2.28. The number of carbonyl (C=O) groups excluding carboxylic acids is 1. The maximum atomic E-state index is 12.2. The average Bonchev–Trinajstić information content (AvgIpc) is 2.64. The lowest BCUT2D eigenvalue weighted by molar-refractivity contribution is -0.796. The number of Topliss-reactive ketones (excluding diaryl/α,β-unsaturated/α-hetero) is 1. The Bertz CT molecular complexity index is 565. The topological polar surface area (TPSA) is 44.6 Å². The minimum Gasteiger partial charge on any atom is -0.628 e. The molecule has 2 atom stereocenters.